The number of carboxylic acids is 2. The Balaban J connectivity index is 4.64. The van der Waals surface area contributed by atoms with Gasteiger partial charge >= 0.3 is 17.9 Å². The van der Waals surface area contributed by atoms with Crippen LogP contribution in [-0.2, 0) is 19.2 Å². The van der Waals surface area contributed by atoms with Crippen LogP contribution in [0.1, 0.15) is 26.7 Å². The maximum absolute atomic E-state index is 11.4. The largest absolute Gasteiger partial charge is 0.481 e. The fraction of sp³-hybridized carbons (Fsp3) is 0.700. The number of rotatable bonds is 8. The Bertz CT molecular complexity index is 326. The molecule has 1 atom stereocenters. The first-order valence-electron chi connectivity index (χ1n) is 5.38. The summed E-state index contributed by atoms with van der Waals surface area (Å²) >= 11 is 0. The van der Waals surface area contributed by atoms with Crippen LogP contribution < -0.4 is 0 Å². The summed E-state index contributed by atoms with van der Waals surface area (Å²) in [5.41, 5.74) is -2.66. The fourth-order valence-electron chi connectivity index (χ4n) is 1.23. The molecule has 0 radical (unpaired) electrons. The molecule has 0 amide bonds. The first-order valence-corrected chi connectivity index (χ1v) is 5.38. The summed E-state index contributed by atoms with van der Waals surface area (Å²) in [5, 5.41) is 28.1. The van der Waals surface area contributed by atoms with E-state index in [9.17, 15) is 19.5 Å². The van der Waals surface area contributed by atoms with Crippen molar-refractivity contribution < 1.29 is 34.5 Å². The Morgan fingerprint density at radius 3 is 1.94 bits per heavy atom. The number of hydrogen-bond donors (Lipinski definition) is 3. The number of nitrogens with zero attached hydrogens (tertiary/aromatic N) is 1. The summed E-state index contributed by atoms with van der Waals surface area (Å²) in [7, 11) is 0. The molecule has 0 saturated heterocycles. The van der Waals surface area contributed by atoms with E-state index in [4.69, 9.17) is 15.1 Å². The van der Waals surface area contributed by atoms with Gasteiger partial charge in [0.05, 0.1) is 12.8 Å². The van der Waals surface area contributed by atoms with E-state index >= 15 is 0 Å². The van der Waals surface area contributed by atoms with E-state index in [2.05, 4.69) is 0 Å². The first-order chi connectivity index (χ1) is 8.25. The Labute approximate surface area is 104 Å². The molecule has 0 rings (SSSR count). The van der Waals surface area contributed by atoms with Crippen molar-refractivity contribution >= 4 is 17.9 Å². The van der Waals surface area contributed by atoms with Crippen molar-refractivity contribution in [1.82, 2.24) is 5.06 Å². The van der Waals surface area contributed by atoms with Crippen molar-refractivity contribution in [2.75, 3.05) is 13.1 Å². The second kappa shape index (κ2) is 6.92. The molecule has 0 aromatic rings. The lowest BCUT2D eigenvalue weighted by molar-refractivity contribution is -0.197. The third-order valence-electron chi connectivity index (χ3n) is 2.21. The van der Waals surface area contributed by atoms with E-state index in [0.717, 1.165) is 0 Å². The Morgan fingerprint density at radius 1 is 1.11 bits per heavy atom. The molecule has 3 N–H and O–H groups in total. The summed E-state index contributed by atoms with van der Waals surface area (Å²) in [5.74, 6) is -4.29. The van der Waals surface area contributed by atoms with Gasteiger partial charge in [0.2, 0.25) is 0 Å². The van der Waals surface area contributed by atoms with Gasteiger partial charge in [-0.2, -0.15) is 0 Å². The lowest BCUT2D eigenvalue weighted by Crippen LogP contribution is -2.44. The number of aliphatic carboxylic acids is 2. The predicted octanol–water partition coefficient (Wildman–Crippen LogP) is -0.533. The zero-order chi connectivity index (χ0) is 14.3. The highest BCUT2D eigenvalue weighted by Gasteiger charge is 2.41. The molecule has 0 aromatic heterocycles. The van der Waals surface area contributed by atoms with E-state index in [1.165, 1.54) is 5.06 Å². The summed E-state index contributed by atoms with van der Waals surface area (Å²) in [4.78, 5) is 37.4. The number of hydroxylamine groups is 2. The average Bonchev–Trinajstić information content (AvgIpc) is 2.24. The molecule has 18 heavy (non-hydrogen) atoms. The highest BCUT2D eigenvalue weighted by molar-refractivity contribution is 5.88. The molecule has 0 spiro atoms. The van der Waals surface area contributed by atoms with Crippen LogP contribution in [0.15, 0.2) is 0 Å². The second-order valence-corrected chi connectivity index (χ2v) is 3.66. The number of hydrogen-bond acceptors (Lipinski definition) is 6. The van der Waals surface area contributed by atoms with Gasteiger partial charge in [0.25, 0.3) is 0 Å². The third kappa shape index (κ3) is 5.11. The van der Waals surface area contributed by atoms with Gasteiger partial charge in [0.1, 0.15) is 0 Å². The summed E-state index contributed by atoms with van der Waals surface area (Å²) < 4.78 is 0. The van der Waals surface area contributed by atoms with Crippen LogP contribution in [0.25, 0.3) is 0 Å². The van der Waals surface area contributed by atoms with E-state index in [1.807, 2.05) is 0 Å². The van der Waals surface area contributed by atoms with Gasteiger partial charge in [-0.05, 0) is 13.8 Å². The number of aliphatic hydroxyl groups is 1. The van der Waals surface area contributed by atoms with Crippen LogP contribution in [0.2, 0.25) is 0 Å². The van der Waals surface area contributed by atoms with Crippen LogP contribution in [0.4, 0.5) is 0 Å². The van der Waals surface area contributed by atoms with Crippen molar-refractivity contribution in [2.45, 2.75) is 32.3 Å². The molecule has 1 unspecified atom stereocenters. The maximum Gasteiger partial charge on any atom is 0.336 e. The number of carboxylic acid groups (broad SMARTS) is 2. The molecule has 104 valence electrons. The molecule has 8 heteroatoms. The van der Waals surface area contributed by atoms with E-state index in [-0.39, 0.29) is 0 Å². The molecular weight excluding hydrogens is 246 g/mol. The van der Waals surface area contributed by atoms with Crippen LogP contribution in [0.5, 0.6) is 0 Å². The minimum absolute atomic E-state index is 0.396. The van der Waals surface area contributed by atoms with Gasteiger partial charge in [-0.1, -0.05) is 0 Å². The SMILES string of the molecule is CCN(CC)OC(=O)CC(O)(CC(=O)O)C(=O)O. The van der Waals surface area contributed by atoms with Crippen LogP contribution >= 0.6 is 0 Å². The van der Waals surface area contributed by atoms with Crippen LogP contribution in [0.3, 0.4) is 0 Å². The third-order valence-corrected chi connectivity index (χ3v) is 2.21. The molecular formula is C10H17NO7. The molecule has 0 heterocycles. The van der Waals surface area contributed by atoms with E-state index < -0.39 is 36.4 Å². The van der Waals surface area contributed by atoms with Crippen molar-refractivity contribution in [3.05, 3.63) is 0 Å². The van der Waals surface area contributed by atoms with Crippen molar-refractivity contribution in [2.24, 2.45) is 0 Å². The number of carbonyl (C=O) groups excluding carboxylic acids is 1. The standard InChI is InChI=1S/C10H17NO7/c1-3-11(4-2)18-8(14)6-10(17,9(15)16)5-7(12)13/h17H,3-6H2,1-2H3,(H,12,13)(H,15,16). The summed E-state index contributed by atoms with van der Waals surface area (Å²) in [6.45, 7) is 4.23. The minimum atomic E-state index is -2.66. The van der Waals surface area contributed by atoms with Crippen LogP contribution in [0, 0.1) is 0 Å². The van der Waals surface area contributed by atoms with Gasteiger partial charge in [0, 0.05) is 13.1 Å². The normalized spacial score (nSPS) is 14.0. The predicted molar refractivity (Wildman–Crippen MR) is 58.5 cm³/mol. The first kappa shape index (κ1) is 16.3. The molecule has 0 fully saturated rings. The fourth-order valence-corrected chi connectivity index (χ4v) is 1.23. The van der Waals surface area contributed by atoms with Gasteiger partial charge in [-0.3, -0.25) is 9.59 Å². The lowest BCUT2D eigenvalue weighted by Gasteiger charge is -2.22. The molecule has 0 aliphatic carbocycles. The zero-order valence-corrected chi connectivity index (χ0v) is 10.3. The molecule has 8 nitrogen and oxygen atoms in total. The quantitative estimate of drug-likeness (QED) is 0.499. The second-order valence-electron chi connectivity index (χ2n) is 3.66. The van der Waals surface area contributed by atoms with Crippen molar-refractivity contribution in [3.63, 3.8) is 0 Å². The van der Waals surface area contributed by atoms with Crippen molar-refractivity contribution in [1.29, 1.82) is 0 Å². The van der Waals surface area contributed by atoms with E-state index in [1.54, 1.807) is 13.8 Å². The number of carbonyl (C=O) groups is 3. The highest BCUT2D eigenvalue weighted by atomic mass is 16.7. The molecule has 0 bridgehead atoms. The summed E-state index contributed by atoms with van der Waals surface area (Å²) in [6, 6.07) is 0. The molecule has 0 aromatic carbocycles. The zero-order valence-electron chi connectivity index (χ0n) is 10.3. The van der Waals surface area contributed by atoms with Crippen molar-refractivity contribution in [3.8, 4) is 0 Å². The summed E-state index contributed by atoms with van der Waals surface area (Å²) in [6.07, 6.45) is -2.00. The van der Waals surface area contributed by atoms with Gasteiger partial charge < -0.3 is 20.2 Å². The van der Waals surface area contributed by atoms with Gasteiger partial charge in [-0.15, -0.1) is 5.06 Å². The lowest BCUT2D eigenvalue weighted by atomic mass is 9.96. The minimum Gasteiger partial charge on any atom is -0.481 e. The van der Waals surface area contributed by atoms with Crippen LogP contribution in [-0.4, -0.2) is 57.0 Å². The smallest absolute Gasteiger partial charge is 0.336 e. The van der Waals surface area contributed by atoms with E-state index in [0.29, 0.717) is 13.1 Å². The Morgan fingerprint density at radius 2 is 1.61 bits per heavy atom. The van der Waals surface area contributed by atoms with Gasteiger partial charge in [0.15, 0.2) is 5.60 Å². The molecule has 0 aliphatic heterocycles. The molecule has 0 aliphatic rings. The highest BCUT2D eigenvalue weighted by Crippen LogP contribution is 2.17. The Hall–Kier alpha value is -1.67. The monoisotopic (exact) mass is 263 g/mol. The van der Waals surface area contributed by atoms with Gasteiger partial charge in [-0.25, -0.2) is 4.79 Å². The molecule has 0 saturated carbocycles. The average molecular weight is 263 g/mol. The Kier molecular flexibility index (Phi) is 6.28. The topological polar surface area (TPSA) is 124 Å². The maximum atomic E-state index is 11.4.